The second kappa shape index (κ2) is 16.0. The van der Waals surface area contributed by atoms with Gasteiger partial charge in [0, 0.05) is 6.92 Å². The number of nitrogens with zero attached hydrogens (tertiary/aromatic N) is 3. The van der Waals surface area contributed by atoms with Crippen LogP contribution in [0.15, 0.2) is 6.33 Å². The van der Waals surface area contributed by atoms with Gasteiger partial charge in [-0.15, -0.1) is 5.10 Å². The van der Waals surface area contributed by atoms with E-state index in [1.807, 2.05) is 0 Å². The van der Waals surface area contributed by atoms with E-state index in [0.717, 1.165) is 25.0 Å². The van der Waals surface area contributed by atoms with Crippen molar-refractivity contribution in [3.05, 3.63) is 12.2 Å². The lowest BCUT2D eigenvalue weighted by Gasteiger charge is -2.30. The first-order valence-electron chi connectivity index (χ1n) is 13.1. The van der Waals surface area contributed by atoms with Crippen molar-refractivity contribution in [2.75, 3.05) is 40.1 Å². The Morgan fingerprint density at radius 2 is 1.70 bits per heavy atom. The number of aromatic nitrogens is 3. The number of nitrogens with one attached hydrogen (secondary N) is 1. The molecule has 1 saturated heterocycles. The standard InChI is InChI=1S/C23H36N5O15P/c1-6-38-21(34)23(9-40-13(4)29,22(35)39-7-2)10-42-44(36,27-12(3)20(33)37-5)41-8-14-15(30)16(31)19(43-14)28-11-25-18(26-28)17(24)32/h11-12,14-16,19,30-31H,6-10H2,1-5H3,(H2,24,32)(H,27,36)/t12?,14-,15-,16-,19-,44?/m1/s1. The molecule has 6 atom stereocenters. The highest BCUT2D eigenvalue weighted by molar-refractivity contribution is 7.51. The summed E-state index contributed by atoms with van der Waals surface area (Å²) in [6, 6.07) is -1.35. The van der Waals surface area contributed by atoms with E-state index in [4.69, 9.17) is 33.7 Å². The van der Waals surface area contributed by atoms with Crippen LogP contribution in [0.1, 0.15) is 44.5 Å². The fourth-order valence-corrected chi connectivity index (χ4v) is 5.20. The molecule has 1 aromatic rings. The Bertz CT molecular complexity index is 1220. The summed E-state index contributed by atoms with van der Waals surface area (Å²) in [6.45, 7) is 1.89. The summed E-state index contributed by atoms with van der Waals surface area (Å²) in [5.41, 5.74) is 2.64. The third-order valence-corrected chi connectivity index (χ3v) is 7.64. The van der Waals surface area contributed by atoms with Gasteiger partial charge in [-0.2, -0.15) is 0 Å². The molecule has 20 nitrogen and oxygen atoms in total. The first-order valence-corrected chi connectivity index (χ1v) is 14.6. The zero-order chi connectivity index (χ0) is 33.2. The molecule has 0 aliphatic carbocycles. The lowest BCUT2D eigenvalue weighted by Crippen LogP contribution is -2.50. The molecular weight excluding hydrogens is 617 g/mol. The van der Waals surface area contributed by atoms with Gasteiger partial charge in [-0.05, 0) is 20.8 Å². The van der Waals surface area contributed by atoms with Crippen molar-refractivity contribution in [1.29, 1.82) is 0 Å². The molecule has 0 saturated carbocycles. The Balaban J connectivity index is 2.36. The zero-order valence-corrected chi connectivity index (χ0v) is 25.5. The van der Waals surface area contributed by atoms with E-state index in [-0.39, 0.29) is 13.2 Å². The van der Waals surface area contributed by atoms with Crippen LogP contribution >= 0.6 is 7.75 Å². The minimum atomic E-state index is -4.78. The van der Waals surface area contributed by atoms with Gasteiger partial charge in [0.2, 0.25) is 11.2 Å². The van der Waals surface area contributed by atoms with E-state index in [1.54, 1.807) is 0 Å². The zero-order valence-electron chi connectivity index (χ0n) is 24.6. The van der Waals surface area contributed by atoms with Crippen molar-refractivity contribution in [1.82, 2.24) is 19.9 Å². The van der Waals surface area contributed by atoms with Gasteiger partial charge >= 0.3 is 31.6 Å². The van der Waals surface area contributed by atoms with Crippen molar-refractivity contribution in [3.8, 4) is 0 Å². The molecule has 0 spiro atoms. The number of carbonyl (C=O) groups excluding carboxylic acids is 5. The highest BCUT2D eigenvalue weighted by Crippen LogP contribution is 2.47. The molecule has 5 N–H and O–H groups in total. The monoisotopic (exact) mass is 653 g/mol. The molecular formula is C23H36N5O15P. The number of primary amides is 1. The summed E-state index contributed by atoms with van der Waals surface area (Å²) in [6.07, 6.45) is -5.09. The lowest BCUT2D eigenvalue weighted by molar-refractivity contribution is -0.181. The quantitative estimate of drug-likeness (QED) is 0.0610. The molecule has 1 amide bonds. The summed E-state index contributed by atoms with van der Waals surface area (Å²) < 4.78 is 50.7. The van der Waals surface area contributed by atoms with Gasteiger partial charge < -0.3 is 39.6 Å². The Morgan fingerprint density at radius 3 is 2.20 bits per heavy atom. The maximum atomic E-state index is 13.9. The summed E-state index contributed by atoms with van der Waals surface area (Å²) in [4.78, 5) is 64.7. The largest absolute Gasteiger partial charge is 0.468 e. The predicted molar refractivity (Wildman–Crippen MR) is 141 cm³/mol. The Labute approximate surface area is 251 Å². The second-order valence-corrected chi connectivity index (χ2v) is 11.0. The number of amides is 1. The third kappa shape index (κ3) is 9.00. The Hall–Kier alpha value is -3.52. The summed E-state index contributed by atoms with van der Waals surface area (Å²) in [5, 5.41) is 27.1. The van der Waals surface area contributed by atoms with Crippen LogP contribution in [0.3, 0.4) is 0 Å². The summed E-state index contributed by atoms with van der Waals surface area (Å²) in [7, 11) is -3.73. The Kier molecular flexibility index (Phi) is 13.3. The molecule has 2 rings (SSSR count). The molecule has 44 heavy (non-hydrogen) atoms. The number of hydrogen-bond donors (Lipinski definition) is 4. The molecule has 0 bridgehead atoms. The van der Waals surface area contributed by atoms with Crippen LogP contribution in [0.4, 0.5) is 0 Å². The fourth-order valence-electron chi connectivity index (χ4n) is 3.66. The van der Waals surface area contributed by atoms with Crippen molar-refractivity contribution in [2.45, 2.75) is 58.3 Å². The van der Waals surface area contributed by atoms with Crippen molar-refractivity contribution >= 4 is 37.5 Å². The van der Waals surface area contributed by atoms with E-state index >= 15 is 0 Å². The highest BCUT2D eigenvalue weighted by Gasteiger charge is 2.53. The van der Waals surface area contributed by atoms with E-state index in [2.05, 4.69) is 19.9 Å². The SMILES string of the molecule is CCOC(=O)C(COC(C)=O)(COP(=O)(NC(C)C(=O)OC)OC[C@H]1O[C@@H](n2cnc(C(N)=O)n2)[C@H](O)[C@@H]1O)C(=O)OCC. The number of ether oxygens (including phenoxy) is 5. The number of aliphatic hydroxyl groups is 2. The molecule has 2 heterocycles. The summed E-state index contributed by atoms with van der Waals surface area (Å²) in [5.74, 6) is -5.63. The number of carbonyl (C=O) groups is 5. The number of esters is 4. The maximum absolute atomic E-state index is 13.9. The summed E-state index contributed by atoms with van der Waals surface area (Å²) >= 11 is 0. The van der Waals surface area contributed by atoms with Crippen molar-refractivity contribution in [3.63, 3.8) is 0 Å². The van der Waals surface area contributed by atoms with Gasteiger partial charge in [-0.25, -0.2) is 19.3 Å². The molecule has 1 aliphatic rings. The van der Waals surface area contributed by atoms with Gasteiger partial charge in [0.05, 0.1) is 33.5 Å². The molecule has 0 aromatic carbocycles. The minimum absolute atomic E-state index is 0.209. The molecule has 1 fully saturated rings. The van der Waals surface area contributed by atoms with E-state index in [1.165, 1.54) is 20.8 Å². The Morgan fingerprint density at radius 1 is 1.09 bits per heavy atom. The lowest BCUT2D eigenvalue weighted by atomic mass is 9.90. The van der Waals surface area contributed by atoms with E-state index in [0.29, 0.717) is 0 Å². The molecule has 21 heteroatoms. The van der Waals surface area contributed by atoms with Crippen molar-refractivity contribution < 1.29 is 71.5 Å². The number of methoxy groups -OCH3 is 1. The minimum Gasteiger partial charge on any atom is -0.468 e. The first-order chi connectivity index (χ1) is 20.6. The fraction of sp³-hybridized carbons (Fsp3) is 0.696. The van der Waals surface area contributed by atoms with Crippen LogP contribution in [0.25, 0.3) is 0 Å². The number of rotatable bonds is 17. The number of hydrogen-bond acceptors (Lipinski definition) is 17. The molecule has 248 valence electrons. The van der Waals surface area contributed by atoms with E-state index in [9.17, 15) is 38.8 Å². The first kappa shape index (κ1) is 36.7. The van der Waals surface area contributed by atoms with Crippen LogP contribution in [-0.4, -0.2) is 119 Å². The molecule has 2 unspecified atom stereocenters. The molecule has 1 aliphatic heterocycles. The van der Waals surface area contributed by atoms with Gasteiger partial charge in [-0.3, -0.25) is 33.0 Å². The normalized spacial score (nSPS) is 22.0. The average molecular weight is 654 g/mol. The molecule has 0 radical (unpaired) electrons. The van der Waals surface area contributed by atoms with Crippen molar-refractivity contribution in [2.24, 2.45) is 11.1 Å². The van der Waals surface area contributed by atoms with Gasteiger partial charge in [-0.1, -0.05) is 0 Å². The third-order valence-electron chi connectivity index (χ3n) is 5.98. The van der Waals surface area contributed by atoms with Crippen LogP contribution in [0, 0.1) is 5.41 Å². The van der Waals surface area contributed by atoms with Crippen LogP contribution in [-0.2, 0) is 56.5 Å². The van der Waals surface area contributed by atoms with E-state index < -0.39 is 99.2 Å². The highest BCUT2D eigenvalue weighted by atomic mass is 31.2. The maximum Gasteiger partial charge on any atom is 0.406 e. The van der Waals surface area contributed by atoms with Crippen LogP contribution < -0.4 is 10.8 Å². The van der Waals surface area contributed by atoms with Crippen LogP contribution in [0.2, 0.25) is 0 Å². The number of aliphatic hydroxyl groups excluding tert-OH is 2. The smallest absolute Gasteiger partial charge is 0.406 e. The number of nitrogens with two attached hydrogens (primary N) is 1. The van der Waals surface area contributed by atoms with Gasteiger partial charge in [0.1, 0.15) is 37.3 Å². The van der Waals surface area contributed by atoms with Crippen LogP contribution in [0.5, 0.6) is 0 Å². The van der Waals surface area contributed by atoms with Gasteiger partial charge in [0.15, 0.2) is 6.23 Å². The predicted octanol–water partition coefficient (Wildman–Crippen LogP) is -2.04. The second-order valence-electron chi connectivity index (χ2n) is 9.20. The van der Waals surface area contributed by atoms with Gasteiger partial charge in [0.25, 0.3) is 5.91 Å². The molecule has 1 aromatic heterocycles. The average Bonchev–Trinajstić information content (AvgIpc) is 3.57. The topological polar surface area (TPSA) is 276 Å².